The Bertz CT molecular complexity index is 974. The summed E-state index contributed by atoms with van der Waals surface area (Å²) in [5, 5.41) is 11.7. The van der Waals surface area contributed by atoms with Crippen LogP contribution in [0, 0.1) is 13.8 Å². The average molecular weight is 388 g/mol. The molecule has 1 aromatic heterocycles. The van der Waals surface area contributed by atoms with E-state index in [0.717, 1.165) is 60.2 Å². The molecule has 148 valence electrons. The van der Waals surface area contributed by atoms with Gasteiger partial charge in [-0.15, -0.1) is 10.2 Å². The van der Waals surface area contributed by atoms with Crippen molar-refractivity contribution in [2.45, 2.75) is 13.8 Å². The van der Waals surface area contributed by atoms with E-state index in [1.54, 1.807) is 0 Å². The van der Waals surface area contributed by atoms with Gasteiger partial charge in [-0.1, -0.05) is 29.3 Å². The van der Waals surface area contributed by atoms with E-state index in [4.69, 9.17) is 4.74 Å². The minimum atomic E-state index is -0.112. The van der Waals surface area contributed by atoms with Crippen molar-refractivity contribution in [3.05, 3.63) is 71.3 Å². The molecule has 1 amide bonds. The molecule has 29 heavy (non-hydrogen) atoms. The van der Waals surface area contributed by atoms with Crippen molar-refractivity contribution in [1.29, 1.82) is 0 Å². The van der Waals surface area contributed by atoms with E-state index in [-0.39, 0.29) is 5.91 Å². The Morgan fingerprint density at radius 1 is 0.931 bits per heavy atom. The Balaban J connectivity index is 1.44. The predicted octanol–water partition coefficient (Wildman–Crippen LogP) is 3.85. The molecule has 1 N–H and O–H groups in total. The zero-order chi connectivity index (χ0) is 20.2. The average Bonchev–Trinajstić information content (AvgIpc) is 2.74. The summed E-state index contributed by atoms with van der Waals surface area (Å²) in [6, 6.07) is 17.4. The maximum atomic E-state index is 12.5. The third-order valence-corrected chi connectivity index (χ3v) is 4.91. The number of morpholine rings is 1. The van der Waals surface area contributed by atoms with Gasteiger partial charge in [0, 0.05) is 29.9 Å². The molecule has 4 rings (SSSR count). The van der Waals surface area contributed by atoms with Crippen molar-refractivity contribution in [2.75, 3.05) is 36.5 Å². The number of benzene rings is 2. The first-order valence-corrected chi connectivity index (χ1v) is 9.75. The van der Waals surface area contributed by atoms with Crippen molar-refractivity contribution < 1.29 is 9.53 Å². The number of hydrogen-bond acceptors (Lipinski definition) is 5. The Hall–Kier alpha value is -3.25. The van der Waals surface area contributed by atoms with Crippen LogP contribution in [0.3, 0.4) is 0 Å². The van der Waals surface area contributed by atoms with Crippen LogP contribution in [0.4, 0.5) is 11.5 Å². The number of aromatic nitrogens is 2. The lowest BCUT2D eigenvalue weighted by Gasteiger charge is -2.27. The first-order valence-electron chi connectivity index (χ1n) is 9.75. The quantitative estimate of drug-likeness (QED) is 0.735. The number of anilines is 2. The van der Waals surface area contributed by atoms with Crippen molar-refractivity contribution in [2.24, 2.45) is 0 Å². The molecule has 6 heteroatoms. The maximum Gasteiger partial charge on any atom is 0.255 e. The Kier molecular flexibility index (Phi) is 5.53. The second-order valence-corrected chi connectivity index (χ2v) is 7.28. The van der Waals surface area contributed by atoms with E-state index in [1.807, 2.05) is 62.4 Å². The summed E-state index contributed by atoms with van der Waals surface area (Å²) in [5.41, 5.74) is 5.31. The third kappa shape index (κ3) is 4.60. The molecule has 1 saturated heterocycles. The molecule has 0 unspecified atom stereocenters. The Morgan fingerprint density at radius 3 is 2.24 bits per heavy atom. The highest BCUT2D eigenvalue weighted by Gasteiger charge is 2.13. The lowest BCUT2D eigenvalue weighted by atomic mass is 10.1. The zero-order valence-electron chi connectivity index (χ0n) is 16.7. The van der Waals surface area contributed by atoms with E-state index in [1.165, 1.54) is 0 Å². The minimum absolute atomic E-state index is 0.112. The summed E-state index contributed by atoms with van der Waals surface area (Å²) in [6.07, 6.45) is 0. The third-order valence-electron chi connectivity index (χ3n) is 4.91. The molecule has 0 spiro atoms. The van der Waals surface area contributed by atoms with Crippen molar-refractivity contribution in [1.82, 2.24) is 10.2 Å². The van der Waals surface area contributed by atoms with Gasteiger partial charge >= 0.3 is 0 Å². The number of hydrogen-bond donors (Lipinski definition) is 1. The van der Waals surface area contributed by atoms with E-state index in [2.05, 4.69) is 26.5 Å². The highest BCUT2D eigenvalue weighted by molar-refractivity contribution is 6.04. The second-order valence-electron chi connectivity index (χ2n) is 7.28. The molecule has 3 aromatic rings. The number of rotatable bonds is 4. The first kappa shape index (κ1) is 19.1. The Labute approximate surface area is 170 Å². The van der Waals surface area contributed by atoms with Gasteiger partial charge in [-0.25, -0.2) is 0 Å². The van der Waals surface area contributed by atoms with Crippen molar-refractivity contribution in [3.8, 4) is 11.3 Å². The molecule has 0 radical (unpaired) electrons. The van der Waals surface area contributed by atoms with Crippen LogP contribution >= 0.6 is 0 Å². The van der Waals surface area contributed by atoms with Crippen LogP contribution in [0.2, 0.25) is 0 Å². The molecule has 0 atom stereocenters. The zero-order valence-corrected chi connectivity index (χ0v) is 16.7. The highest BCUT2D eigenvalue weighted by atomic mass is 16.5. The highest BCUT2D eigenvalue weighted by Crippen LogP contribution is 2.21. The SMILES string of the molecule is Cc1cc(C)cc(C(=O)Nc2ccc(-c3ccc(N4CCOCC4)nn3)cc2)c1. The maximum absolute atomic E-state index is 12.5. The van der Waals surface area contributed by atoms with Crippen LogP contribution in [0.15, 0.2) is 54.6 Å². The molecular weight excluding hydrogens is 364 g/mol. The van der Waals surface area contributed by atoms with E-state index in [0.29, 0.717) is 5.56 Å². The summed E-state index contributed by atoms with van der Waals surface area (Å²) >= 11 is 0. The number of ether oxygens (including phenoxy) is 1. The number of amides is 1. The summed E-state index contributed by atoms with van der Waals surface area (Å²) in [6.45, 7) is 7.09. The van der Waals surface area contributed by atoms with Crippen molar-refractivity contribution >= 4 is 17.4 Å². The molecule has 0 aliphatic carbocycles. The van der Waals surface area contributed by atoms with Gasteiger partial charge in [0.2, 0.25) is 0 Å². The van der Waals surface area contributed by atoms with Gasteiger partial charge in [0.15, 0.2) is 5.82 Å². The topological polar surface area (TPSA) is 67.4 Å². The van der Waals surface area contributed by atoms with Crippen LogP contribution in [-0.2, 0) is 4.74 Å². The van der Waals surface area contributed by atoms with Gasteiger partial charge in [-0.3, -0.25) is 4.79 Å². The van der Waals surface area contributed by atoms with Crippen LogP contribution in [0.5, 0.6) is 0 Å². The van der Waals surface area contributed by atoms with Gasteiger partial charge in [0.25, 0.3) is 5.91 Å². The smallest absolute Gasteiger partial charge is 0.255 e. The van der Waals surface area contributed by atoms with Crippen LogP contribution in [-0.4, -0.2) is 42.4 Å². The first-order chi connectivity index (χ1) is 14.1. The van der Waals surface area contributed by atoms with Gasteiger partial charge in [0.1, 0.15) is 0 Å². The molecule has 1 aliphatic heterocycles. The standard InChI is InChI=1S/C23H24N4O2/c1-16-13-17(2)15-19(14-16)23(28)24-20-5-3-18(4-6-20)21-7-8-22(26-25-21)27-9-11-29-12-10-27/h3-8,13-15H,9-12H2,1-2H3,(H,24,28). The van der Waals surface area contributed by atoms with E-state index < -0.39 is 0 Å². The summed E-state index contributed by atoms with van der Waals surface area (Å²) in [7, 11) is 0. The summed E-state index contributed by atoms with van der Waals surface area (Å²) < 4.78 is 5.37. The number of carbonyl (C=O) groups excluding carboxylic acids is 1. The number of nitrogens with one attached hydrogen (secondary N) is 1. The molecular formula is C23H24N4O2. The number of carbonyl (C=O) groups is 1. The largest absolute Gasteiger partial charge is 0.378 e. The Morgan fingerprint density at radius 2 is 1.62 bits per heavy atom. The fourth-order valence-corrected chi connectivity index (χ4v) is 3.47. The fourth-order valence-electron chi connectivity index (χ4n) is 3.47. The monoisotopic (exact) mass is 388 g/mol. The van der Waals surface area contributed by atoms with E-state index in [9.17, 15) is 4.79 Å². The van der Waals surface area contributed by atoms with Gasteiger partial charge in [-0.05, 0) is 50.2 Å². The number of nitrogens with zero attached hydrogens (tertiary/aromatic N) is 3. The molecule has 0 bridgehead atoms. The summed E-state index contributed by atoms with van der Waals surface area (Å²) in [4.78, 5) is 14.7. The molecule has 2 aromatic carbocycles. The predicted molar refractivity (Wildman–Crippen MR) is 114 cm³/mol. The van der Waals surface area contributed by atoms with Gasteiger partial charge < -0.3 is 15.0 Å². The number of aryl methyl sites for hydroxylation is 2. The minimum Gasteiger partial charge on any atom is -0.378 e. The van der Waals surface area contributed by atoms with Crippen LogP contribution < -0.4 is 10.2 Å². The summed E-state index contributed by atoms with van der Waals surface area (Å²) in [5.74, 6) is 0.758. The molecule has 1 aliphatic rings. The van der Waals surface area contributed by atoms with Crippen LogP contribution in [0.25, 0.3) is 11.3 Å². The van der Waals surface area contributed by atoms with Crippen molar-refractivity contribution in [3.63, 3.8) is 0 Å². The fraction of sp³-hybridized carbons (Fsp3) is 0.261. The van der Waals surface area contributed by atoms with Crippen LogP contribution in [0.1, 0.15) is 21.5 Å². The molecule has 0 saturated carbocycles. The molecule has 2 heterocycles. The van der Waals surface area contributed by atoms with E-state index >= 15 is 0 Å². The van der Waals surface area contributed by atoms with Gasteiger partial charge in [0.05, 0.1) is 18.9 Å². The lowest BCUT2D eigenvalue weighted by molar-refractivity contribution is 0.102. The molecule has 6 nitrogen and oxygen atoms in total. The second kappa shape index (κ2) is 8.41. The van der Waals surface area contributed by atoms with Gasteiger partial charge in [-0.2, -0.15) is 0 Å². The lowest BCUT2D eigenvalue weighted by Crippen LogP contribution is -2.36. The normalized spacial score (nSPS) is 13.9. The molecule has 1 fully saturated rings.